The van der Waals surface area contributed by atoms with Gasteiger partial charge in [-0.15, -0.1) is 0 Å². The minimum absolute atomic E-state index is 0. The first-order valence-corrected chi connectivity index (χ1v) is 23.3. The number of thioether (sulfide) groups is 1. The maximum absolute atomic E-state index is 13.8. The molecule has 3 aliphatic rings. The van der Waals surface area contributed by atoms with Crippen LogP contribution in [0.15, 0.2) is 30.4 Å². The van der Waals surface area contributed by atoms with Gasteiger partial charge in [0.1, 0.15) is 0 Å². The van der Waals surface area contributed by atoms with Crippen molar-refractivity contribution < 1.29 is 108 Å². The Morgan fingerprint density at radius 1 is 0.657 bits per heavy atom. The smallest absolute Gasteiger partial charge is 0.317 e. The van der Waals surface area contributed by atoms with E-state index < -0.39 is 65.8 Å². The van der Waals surface area contributed by atoms with Gasteiger partial charge >= 0.3 is 23.9 Å². The molecule has 67 heavy (non-hydrogen) atoms. The zero-order valence-corrected chi connectivity index (χ0v) is 40.7. The Morgan fingerprint density at radius 2 is 1.16 bits per heavy atom. The molecule has 1 aromatic rings. The molecule has 2 atom stereocenters. The molecule has 0 bridgehead atoms. The molecule has 5 N–H and O–H groups in total. The average molecular weight is 1100 g/mol. The van der Waals surface area contributed by atoms with E-state index in [0.717, 1.165) is 16.0 Å². The maximum atomic E-state index is 13.8. The molecule has 1 saturated heterocycles. The number of fused-ring (bicyclic) bond motifs is 1. The number of carboxylic acid groups (broad SMARTS) is 4. The van der Waals surface area contributed by atoms with Crippen LogP contribution >= 0.6 is 11.8 Å². The first kappa shape index (κ1) is 57.1. The number of unbranched alkanes of at least 4 members (excludes halogenated alkanes) is 1. The van der Waals surface area contributed by atoms with E-state index in [2.05, 4.69) is 5.32 Å². The molecule has 3 aliphatic heterocycles. The van der Waals surface area contributed by atoms with Gasteiger partial charge in [-0.05, 0) is 48.5 Å². The Hall–Kier alpha value is -4.23. The van der Waals surface area contributed by atoms with Crippen molar-refractivity contribution in [3.05, 3.63) is 47.0 Å². The molecule has 1 fully saturated rings. The summed E-state index contributed by atoms with van der Waals surface area (Å²) >= 11 is 1.49. The summed E-state index contributed by atoms with van der Waals surface area (Å²) in [4.78, 5) is 133. The zero-order chi connectivity index (χ0) is 48.3. The molecule has 3 heterocycles. The summed E-state index contributed by atoms with van der Waals surface area (Å²) in [7, 11) is 0. The minimum Gasteiger partial charge on any atom is -0.481 e. The number of amides is 4. The number of carbonyl (C=O) groups is 10. The van der Waals surface area contributed by atoms with Gasteiger partial charge in [0.25, 0.3) is 11.8 Å². The Balaban J connectivity index is 0.0000119. The van der Waals surface area contributed by atoms with Crippen molar-refractivity contribution in [2.45, 2.75) is 51.6 Å². The summed E-state index contributed by atoms with van der Waals surface area (Å²) in [6, 6.07) is 5.12. The van der Waals surface area contributed by atoms with E-state index in [1.165, 1.54) is 23.9 Å². The topological polar surface area (TPSA) is 283 Å². The number of nitrogens with zero attached hydrogens (tertiary/aromatic N) is 6. The summed E-state index contributed by atoms with van der Waals surface area (Å²) in [6.45, 7) is 1.40. The number of benzene rings is 1. The summed E-state index contributed by atoms with van der Waals surface area (Å²) < 4.78 is 0. The SMILES string of the molecule is CSCC[C@H](CC(=O)c1ccc2c(c1)CN(C(=O)CN1CCN(CC(=O)O)CCN(CC(=O)O)CCN(CC(=O)O)CC1)C2)C(=O)NCC(=O)C[C@@H](CCCCN1C(=O)C=CC1=O)C(=O)O.[Gd]. The number of carboxylic acids is 4. The number of nitrogens with one attached hydrogen (secondary N) is 1. The number of ketones is 2. The standard InChI is InChI=1S/C44H61N7O14S.Gd/c1-66-19-9-31(43(63)45-23-35(52)21-32(44(64)65)4-2-3-10-51-37(54)7-8-38(51)55)22-36(53)30-5-6-33-24-50(25-34(33)20-30)39(56)26-46-11-13-47(27-40(57)58)15-17-49(29-42(61)62)18-16-48(14-12-46)28-41(59)60;/h5-8,20,31-32H,2-4,9-19,21-29H2,1H3,(H,45,63)(H,57,58)(H,59,60)(H,61,62)(H,64,65);/t31-,32-;/m1./s1. The van der Waals surface area contributed by atoms with Crippen LogP contribution in [-0.2, 0) is 56.2 Å². The first-order valence-electron chi connectivity index (χ1n) is 21.9. The largest absolute Gasteiger partial charge is 0.481 e. The average Bonchev–Trinajstić information content (AvgIpc) is 3.83. The molecule has 0 aromatic heterocycles. The molecular weight excluding hydrogens is 1040 g/mol. The number of hydrogen-bond acceptors (Lipinski definition) is 15. The van der Waals surface area contributed by atoms with Crippen LogP contribution in [0.5, 0.6) is 0 Å². The number of Topliss-reactive ketones (excluding diaryl/α,β-unsaturated/α-hetero) is 2. The van der Waals surface area contributed by atoms with Crippen LogP contribution in [0.3, 0.4) is 0 Å². The van der Waals surface area contributed by atoms with Gasteiger partial charge in [0.05, 0.1) is 38.6 Å². The normalized spacial score (nSPS) is 17.4. The predicted octanol–water partition coefficient (Wildman–Crippen LogP) is -0.182. The summed E-state index contributed by atoms with van der Waals surface area (Å²) in [6.07, 6.45) is 4.93. The molecule has 21 nitrogen and oxygen atoms in total. The second kappa shape index (κ2) is 29.0. The van der Waals surface area contributed by atoms with Crippen molar-refractivity contribution in [3.63, 3.8) is 0 Å². The van der Waals surface area contributed by atoms with Crippen LogP contribution in [0.25, 0.3) is 0 Å². The fourth-order valence-electron chi connectivity index (χ4n) is 8.05. The van der Waals surface area contributed by atoms with Crippen molar-refractivity contribution >= 4 is 70.8 Å². The van der Waals surface area contributed by atoms with Gasteiger partial charge in [-0.2, -0.15) is 11.8 Å². The van der Waals surface area contributed by atoms with Crippen LogP contribution in [0.1, 0.15) is 60.0 Å². The van der Waals surface area contributed by atoms with Crippen molar-refractivity contribution in [3.8, 4) is 0 Å². The number of imide groups is 1. The monoisotopic (exact) mass is 1100 g/mol. The van der Waals surface area contributed by atoms with Gasteiger partial charge in [-0.1, -0.05) is 18.6 Å². The van der Waals surface area contributed by atoms with Crippen molar-refractivity contribution in [2.75, 3.05) is 104 Å². The van der Waals surface area contributed by atoms with Gasteiger partial charge < -0.3 is 30.6 Å². The van der Waals surface area contributed by atoms with Crippen molar-refractivity contribution in [2.24, 2.45) is 11.8 Å². The van der Waals surface area contributed by atoms with Crippen LogP contribution in [0, 0.1) is 51.8 Å². The Morgan fingerprint density at radius 3 is 1.66 bits per heavy atom. The third-order valence-electron chi connectivity index (χ3n) is 11.8. The fourth-order valence-corrected chi connectivity index (χ4v) is 8.57. The summed E-state index contributed by atoms with van der Waals surface area (Å²) in [5.41, 5.74) is 1.94. The van der Waals surface area contributed by atoms with E-state index in [-0.39, 0.29) is 169 Å². The van der Waals surface area contributed by atoms with Crippen molar-refractivity contribution in [1.82, 2.24) is 34.7 Å². The second-order valence-corrected chi connectivity index (χ2v) is 17.8. The van der Waals surface area contributed by atoms with E-state index >= 15 is 0 Å². The molecule has 23 heteroatoms. The van der Waals surface area contributed by atoms with E-state index in [1.54, 1.807) is 37.8 Å². The minimum atomic E-state index is -1.17. The third-order valence-corrected chi connectivity index (χ3v) is 12.5. The van der Waals surface area contributed by atoms with Crippen LogP contribution in [-0.4, -0.2) is 213 Å². The summed E-state index contributed by atoms with van der Waals surface area (Å²) in [5.74, 6) is -7.96. The second-order valence-electron chi connectivity index (χ2n) is 16.8. The van der Waals surface area contributed by atoms with E-state index in [1.807, 2.05) is 11.2 Å². The molecular formula is C44H61GdN7O14S. The van der Waals surface area contributed by atoms with Gasteiger partial charge in [-0.25, -0.2) is 0 Å². The molecule has 4 rings (SSSR count). The molecule has 0 radical (unpaired) electrons. The first-order chi connectivity index (χ1) is 31.4. The molecule has 0 spiro atoms. The van der Waals surface area contributed by atoms with Gasteiger partial charge in [-0.3, -0.25) is 72.4 Å². The van der Waals surface area contributed by atoms with Gasteiger partial charge in [0.2, 0.25) is 11.8 Å². The van der Waals surface area contributed by atoms with Crippen LogP contribution in [0.4, 0.5) is 0 Å². The molecule has 370 valence electrons. The molecule has 0 aliphatic carbocycles. The Bertz CT molecular complexity index is 1960. The van der Waals surface area contributed by atoms with Crippen LogP contribution < -0.4 is 5.32 Å². The maximum Gasteiger partial charge on any atom is 0.317 e. The molecule has 4 amide bonds. The van der Waals surface area contributed by atoms with Gasteiger partial charge in [0.15, 0.2) is 11.6 Å². The number of aliphatic carboxylic acids is 4. The van der Waals surface area contributed by atoms with Gasteiger partial charge in [0, 0.05) is 148 Å². The van der Waals surface area contributed by atoms with E-state index in [9.17, 15) is 68.4 Å². The third kappa shape index (κ3) is 19.7. The van der Waals surface area contributed by atoms with E-state index in [4.69, 9.17) is 0 Å². The zero-order valence-electron chi connectivity index (χ0n) is 37.6. The molecule has 0 unspecified atom stereocenters. The number of hydrogen-bond donors (Lipinski definition) is 5. The molecule has 0 saturated carbocycles. The predicted molar refractivity (Wildman–Crippen MR) is 238 cm³/mol. The summed E-state index contributed by atoms with van der Waals surface area (Å²) in [5, 5.41) is 40.8. The Labute approximate surface area is 425 Å². The van der Waals surface area contributed by atoms with E-state index in [0.29, 0.717) is 30.6 Å². The number of carbonyl (C=O) groups excluding carboxylic acids is 6. The fraction of sp³-hybridized carbons (Fsp3) is 0.591. The van der Waals surface area contributed by atoms with Crippen molar-refractivity contribution in [1.29, 1.82) is 0 Å². The Kier molecular flexibility index (Phi) is 24.7. The molecule has 1 aromatic carbocycles. The quantitative estimate of drug-likeness (QED) is 0.0482. The van der Waals surface area contributed by atoms with Crippen LogP contribution in [0.2, 0.25) is 0 Å². The number of rotatable bonds is 25.